The van der Waals surface area contributed by atoms with Crippen molar-refractivity contribution in [3.8, 4) is 0 Å². The average molecular weight is 296 g/mol. The summed E-state index contributed by atoms with van der Waals surface area (Å²) in [5.74, 6) is -0.878. The molecule has 3 atom stereocenters. The van der Waals surface area contributed by atoms with Gasteiger partial charge in [-0.2, -0.15) is 0 Å². The molecule has 3 rings (SSSR count). The van der Waals surface area contributed by atoms with E-state index in [9.17, 15) is 14.7 Å². The fraction of sp³-hybridized carbons (Fsp3) is 0.867. The van der Waals surface area contributed by atoms with E-state index in [0.717, 1.165) is 38.5 Å². The predicted molar refractivity (Wildman–Crippen MR) is 76.1 cm³/mol. The van der Waals surface area contributed by atoms with Crippen molar-refractivity contribution in [3.05, 3.63) is 0 Å². The van der Waals surface area contributed by atoms with Crippen molar-refractivity contribution < 1.29 is 19.4 Å². The molecule has 0 aromatic heterocycles. The van der Waals surface area contributed by atoms with Gasteiger partial charge in [0.1, 0.15) is 6.04 Å². The highest BCUT2D eigenvalue weighted by molar-refractivity contribution is 5.83. The highest BCUT2D eigenvalue weighted by atomic mass is 16.5. The summed E-state index contributed by atoms with van der Waals surface area (Å²) in [5, 5.41) is 9.35. The van der Waals surface area contributed by atoms with Crippen molar-refractivity contribution in [3.63, 3.8) is 0 Å². The molecule has 1 saturated carbocycles. The zero-order valence-corrected chi connectivity index (χ0v) is 12.4. The van der Waals surface area contributed by atoms with Crippen LogP contribution in [0.5, 0.6) is 0 Å². The van der Waals surface area contributed by atoms with Gasteiger partial charge in [-0.25, -0.2) is 9.59 Å². The molecule has 0 aromatic carbocycles. The summed E-state index contributed by atoms with van der Waals surface area (Å²) in [5.41, 5.74) is 0. The van der Waals surface area contributed by atoms with Crippen molar-refractivity contribution in [2.75, 3.05) is 19.7 Å². The zero-order valence-electron chi connectivity index (χ0n) is 12.4. The third-order valence-electron chi connectivity index (χ3n) is 5.01. The van der Waals surface area contributed by atoms with Gasteiger partial charge in [0.2, 0.25) is 0 Å². The number of carboxylic acids is 1. The van der Waals surface area contributed by atoms with E-state index in [0.29, 0.717) is 26.1 Å². The van der Waals surface area contributed by atoms with Crippen LogP contribution >= 0.6 is 0 Å². The first-order chi connectivity index (χ1) is 10.2. The second kappa shape index (κ2) is 6.22. The number of urea groups is 1. The highest BCUT2D eigenvalue weighted by Gasteiger charge is 2.41. The number of rotatable bonds is 1. The Morgan fingerprint density at radius 1 is 0.952 bits per heavy atom. The highest BCUT2D eigenvalue weighted by Crippen LogP contribution is 2.30. The lowest BCUT2D eigenvalue weighted by molar-refractivity contribution is -0.144. The summed E-state index contributed by atoms with van der Waals surface area (Å²) in [7, 11) is 0. The molecule has 2 amide bonds. The first kappa shape index (κ1) is 14.6. The molecule has 2 aliphatic heterocycles. The van der Waals surface area contributed by atoms with Gasteiger partial charge in [-0.3, -0.25) is 0 Å². The second-order valence-corrected chi connectivity index (χ2v) is 6.28. The minimum Gasteiger partial charge on any atom is -0.480 e. The van der Waals surface area contributed by atoms with Crippen LogP contribution in [0.15, 0.2) is 0 Å². The minimum absolute atomic E-state index is 0.0951. The molecule has 2 saturated heterocycles. The minimum atomic E-state index is -0.878. The Hall–Kier alpha value is -1.30. The van der Waals surface area contributed by atoms with Gasteiger partial charge < -0.3 is 19.6 Å². The SMILES string of the molecule is O=C(O)C1CCCCN1C(=O)N1CCOC2CCCCC21. The van der Waals surface area contributed by atoms with Gasteiger partial charge in [0.15, 0.2) is 0 Å². The predicted octanol–water partition coefficient (Wildman–Crippen LogP) is 1.69. The van der Waals surface area contributed by atoms with Gasteiger partial charge in [-0.05, 0) is 32.1 Å². The normalized spacial score (nSPS) is 33.4. The van der Waals surface area contributed by atoms with Crippen LogP contribution in [0, 0.1) is 0 Å². The van der Waals surface area contributed by atoms with Crippen LogP contribution in [0.1, 0.15) is 44.9 Å². The van der Waals surface area contributed by atoms with Crippen LogP contribution in [0.2, 0.25) is 0 Å². The van der Waals surface area contributed by atoms with Gasteiger partial charge in [0, 0.05) is 13.1 Å². The number of ether oxygens (including phenoxy) is 1. The zero-order chi connectivity index (χ0) is 14.8. The summed E-state index contributed by atoms with van der Waals surface area (Å²) in [6.07, 6.45) is 6.76. The molecule has 6 heteroatoms. The molecule has 0 spiro atoms. The standard InChI is InChI=1S/C15H24N2O4/c18-14(19)12-6-3-4-8-16(12)15(20)17-9-10-21-13-7-2-1-5-11(13)17/h11-13H,1-10H2,(H,18,19). The lowest BCUT2D eigenvalue weighted by Gasteiger charge is -2.46. The van der Waals surface area contributed by atoms with Gasteiger partial charge in [-0.15, -0.1) is 0 Å². The number of carboxylic acid groups (broad SMARTS) is 1. The lowest BCUT2D eigenvalue weighted by atomic mass is 9.90. The van der Waals surface area contributed by atoms with E-state index >= 15 is 0 Å². The first-order valence-electron chi connectivity index (χ1n) is 8.10. The number of hydrogen-bond acceptors (Lipinski definition) is 3. The molecular weight excluding hydrogens is 272 g/mol. The number of fused-ring (bicyclic) bond motifs is 1. The molecule has 0 bridgehead atoms. The third kappa shape index (κ3) is 2.86. The van der Waals surface area contributed by atoms with Crippen LogP contribution in [0.4, 0.5) is 4.79 Å². The number of aliphatic carboxylic acids is 1. The number of carbonyl (C=O) groups excluding carboxylic acids is 1. The number of morpholine rings is 1. The number of amides is 2. The van der Waals surface area contributed by atoms with Crippen molar-refractivity contribution in [1.82, 2.24) is 9.80 Å². The molecule has 21 heavy (non-hydrogen) atoms. The molecule has 0 radical (unpaired) electrons. The molecule has 2 heterocycles. The van der Waals surface area contributed by atoms with Crippen molar-refractivity contribution in [1.29, 1.82) is 0 Å². The number of likely N-dealkylation sites (tertiary alicyclic amines) is 1. The number of nitrogens with zero attached hydrogens (tertiary/aromatic N) is 2. The van der Waals surface area contributed by atoms with E-state index in [1.54, 1.807) is 4.90 Å². The molecule has 1 N–H and O–H groups in total. The largest absolute Gasteiger partial charge is 0.480 e. The average Bonchev–Trinajstić information content (AvgIpc) is 2.53. The number of carbonyl (C=O) groups is 2. The molecular formula is C15H24N2O4. The van der Waals surface area contributed by atoms with E-state index in [4.69, 9.17) is 4.74 Å². The quantitative estimate of drug-likeness (QED) is 0.799. The summed E-state index contributed by atoms with van der Waals surface area (Å²) < 4.78 is 5.80. The monoisotopic (exact) mass is 296 g/mol. The van der Waals surface area contributed by atoms with E-state index < -0.39 is 12.0 Å². The second-order valence-electron chi connectivity index (χ2n) is 6.28. The topological polar surface area (TPSA) is 70.1 Å². The summed E-state index contributed by atoms with van der Waals surface area (Å²) in [6, 6.07) is -0.616. The fourth-order valence-electron chi connectivity index (χ4n) is 3.92. The Balaban J connectivity index is 1.74. The van der Waals surface area contributed by atoms with E-state index in [2.05, 4.69) is 0 Å². The van der Waals surface area contributed by atoms with Crippen LogP contribution in [-0.4, -0.2) is 64.8 Å². The fourth-order valence-corrected chi connectivity index (χ4v) is 3.92. The molecule has 118 valence electrons. The number of piperidine rings is 1. The summed E-state index contributed by atoms with van der Waals surface area (Å²) in [4.78, 5) is 27.7. The molecule has 3 unspecified atom stereocenters. The third-order valence-corrected chi connectivity index (χ3v) is 5.01. The van der Waals surface area contributed by atoms with Gasteiger partial charge >= 0.3 is 12.0 Å². The molecule has 1 aliphatic carbocycles. The molecule has 0 aromatic rings. The van der Waals surface area contributed by atoms with Gasteiger partial charge in [0.05, 0.1) is 18.8 Å². The smallest absolute Gasteiger partial charge is 0.326 e. The van der Waals surface area contributed by atoms with Crippen molar-refractivity contribution >= 4 is 12.0 Å². The maximum atomic E-state index is 12.9. The van der Waals surface area contributed by atoms with Crippen molar-refractivity contribution in [2.45, 2.75) is 63.1 Å². The maximum Gasteiger partial charge on any atom is 0.326 e. The van der Waals surface area contributed by atoms with Crippen molar-refractivity contribution in [2.24, 2.45) is 0 Å². The van der Waals surface area contributed by atoms with Gasteiger partial charge in [0.25, 0.3) is 0 Å². The van der Waals surface area contributed by atoms with Crippen LogP contribution < -0.4 is 0 Å². The van der Waals surface area contributed by atoms with E-state index in [1.807, 2.05) is 4.90 Å². The Labute approximate surface area is 125 Å². The lowest BCUT2D eigenvalue weighted by Crippen LogP contribution is -2.61. The Morgan fingerprint density at radius 2 is 1.71 bits per heavy atom. The van der Waals surface area contributed by atoms with E-state index in [-0.39, 0.29) is 18.2 Å². The van der Waals surface area contributed by atoms with E-state index in [1.165, 1.54) is 0 Å². The maximum absolute atomic E-state index is 12.9. The Bertz CT molecular complexity index is 412. The number of hydrogen-bond donors (Lipinski definition) is 1. The summed E-state index contributed by atoms with van der Waals surface area (Å²) in [6.45, 7) is 1.71. The Kier molecular flexibility index (Phi) is 4.33. The first-order valence-corrected chi connectivity index (χ1v) is 8.10. The van der Waals surface area contributed by atoms with Crippen LogP contribution in [0.3, 0.4) is 0 Å². The molecule has 3 fully saturated rings. The summed E-state index contributed by atoms with van der Waals surface area (Å²) >= 11 is 0. The van der Waals surface area contributed by atoms with Crippen LogP contribution in [0.25, 0.3) is 0 Å². The molecule has 6 nitrogen and oxygen atoms in total. The Morgan fingerprint density at radius 3 is 2.52 bits per heavy atom. The van der Waals surface area contributed by atoms with Crippen LogP contribution in [-0.2, 0) is 9.53 Å². The molecule has 3 aliphatic rings. The van der Waals surface area contributed by atoms with Gasteiger partial charge in [-0.1, -0.05) is 12.8 Å².